The maximum absolute atomic E-state index is 13.4. The van der Waals surface area contributed by atoms with Gasteiger partial charge in [0.15, 0.2) is 10.3 Å². The van der Waals surface area contributed by atoms with Crippen molar-refractivity contribution in [3.05, 3.63) is 94.2 Å². The van der Waals surface area contributed by atoms with Crippen LogP contribution in [0.1, 0.15) is 86.0 Å². The molecule has 2 atom stereocenters. The largest absolute Gasteiger partial charge is 0.481 e. The number of carboxylic acids is 1. The number of thiazole rings is 2. The lowest BCUT2D eigenvalue weighted by atomic mass is 10.1. The molecule has 4 aromatic heterocycles. The highest BCUT2D eigenvalue weighted by atomic mass is 32.1. The lowest BCUT2D eigenvalue weighted by Crippen LogP contribution is -2.38. The third-order valence-corrected chi connectivity index (χ3v) is 17.7. The summed E-state index contributed by atoms with van der Waals surface area (Å²) in [6.07, 6.45) is 11.3. The van der Waals surface area contributed by atoms with Gasteiger partial charge in [0.1, 0.15) is 0 Å². The maximum Gasteiger partial charge on any atom is 0.305 e. The number of pyridine rings is 2. The fraction of sp³-hybridized carbons (Fsp3) is 0.552. The lowest BCUT2D eigenvalue weighted by Gasteiger charge is -2.31. The number of aryl methyl sites for hydroxylation is 2. The second-order valence-corrected chi connectivity index (χ2v) is 22.7. The molecule has 6 aliphatic heterocycles. The Morgan fingerprint density at radius 1 is 0.558 bits per heavy atom. The predicted molar refractivity (Wildman–Crippen MR) is 310 cm³/mol. The minimum atomic E-state index is -0.791. The monoisotopic (exact) mass is 1090 g/mol. The molecule has 412 valence electrons. The molecule has 17 nitrogen and oxygen atoms in total. The van der Waals surface area contributed by atoms with Crippen LogP contribution in [0.25, 0.3) is 21.8 Å². The smallest absolute Gasteiger partial charge is 0.305 e. The van der Waals surface area contributed by atoms with Gasteiger partial charge in [-0.25, -0.2) is 9.97 Å². The Morgan fingerprint density at radius 2 is 1.04 bits per heavy atom. The van der Waals surface area contributed by atoms with Crippen molar-refractivity contribution in [2.24, 2.45) is 0 Å². The number of aromatic nitrogens is 4. The van der Waals surface area contributed by atoms with Crippen molar-refractivity contribution < 1.29 is 24.2 Å². The van der Waals surface area contributed by atoms with Crippen LogP contribution >= 0.6 is 22.7 Å². The van der Waals surface area contributed by atoms with Crippen molar-refractivity contribution in [1.29, 1.82) is 0 Å². The summed E-state index contributed by atoms with van der Waals surface area (Å²) in [6, 6.07) is 16.7. The first-order chi connectivity index (χ1) is 37.8. The van der Waals surface area contributed by atoms with Crippen LogP contribution in [0.4, 0.5) is 21.6 Å². The van der Waals surface area contributed by atoms with Crippen LogP contribution in [0.15, 0.2) is 71.7 Å². The summed E-state index contributed by atoms with van der Waals surface area (Å²) >= 11 is 3.31. The van der Waals surface area contributed by atoms with Gasteiger partial charge < -0.3 is 44.4 Å². The summed E-state index contributed by atoms with van der Waals surface area (Å²) in [7, 11) is 0. The number of amides is 1. The molecule has 2 unspecified atom stereocenters. The second-order valence-electron chi connectivity index (χ2n) is 21.1. The van der Waals surface area contributed by atoms with Crippen molar-refractivity contribution in [2.75, 3.05) is 151 Å². The van der Waals surface area contributed by atoms with Crippen LogP contribution in [-0.4, -0.2) is 183 Å². The molecule has 0 spiro atoms. The highest BCUT2D eigenvalue weighted by Gasteiger charge is 2.33. The summed E-state index contributed by atoms with van der Waals surface area (Å²) in [5.41, 5.74) is 8.95. The molecule has 6 fully saturated rings. The van der Waals surface area contributed by atoms with Gasteiger partial charge in [-0.05, 0) is 88.7 Å². The van der Waals surface area contributed by atoms with E-state index >= 15 is 0 Å². The molecule has 0 aliphatic carbocycles. The molecule has 0 saturated carbocycles. The Bertz CT molecular complexity index is 2860. The minimum absolute atomic E-state index is 0.000769. The first-order valence-corrected chi connectivity index (χ1v) is 30.0. The van der Waals surface area contributed by atoms with E-state index < -0.39 is 5.97 Å². The number of fused-ring (bicyclic) bond motifs is 2. The molecule has 1 amide bonds. The number of carboxylic acid groups (broad SMARTS) is 1. The van der Waals surface area contributed by atoms with E-state index in [2.05, 4.69) is 100 Å². The first-order valence-electron chi connectivity index (χ1n) is 28.2. The fourth-order valence-electron chi connectivity index (χ4n) is 11.8. The maximum atomic E-state index is 13.4. The molecule has 10 heterocycles. The quantitative estimate of drug-likeness (QED) is 0.121. The normalized spacial score (nSPS) is 19.8. The number of ether oxygens (including phenoxy) is 2. The van der Waals surface area contributed by atoms with Crippen LogP contribution in [0.3, 0.4) is 0 Å². The second kappa shape index (κ2) is 26.9. The van der Waals surface area contributed by atoms with Crippen LogP contribution < -0.4 is 24.9 Å². The summed E-state index contributed by atoms with van der Waals surface area (Å²) in [5, 5.41) is 21.5. The number of benzene rings is 2. The van der Waals surface area contributed by atoms with E-state index in [4.69, 9.17) is 24.4 Å². The van der Waals surface area contributed by atoms with Gasteiger partial charge >= 0.3 is 5.97 Å². The Balaban J connectivity index is 0.000000161. The van der Waals surface area contributed by atoms with Crippen molar-refractivity contribution in [1.82, 2.24) is 40.0 Å². The zero-order valence-electron chi connectivity index (χ0n) is 45.2. The Kier molecular flexibility index (Phi) is 19.1. The topological polar surface area (TPSA) is 159 Å². The average molecular weight is 1090 g/mol. The van der Waals surface area contributed by atoms with Crippen molar-refractivity contribution >= 4 is 78.0 Å². The Labute approximate surface area is 462 Å². The molecule has 19 heteroatoms. The number of hydrogen-bond donors (Lipinski definition) is 2. The van der Waals surface area contributed by atoms with Gasteiger partial charge in [0, 0.05) is 132 Å². The molecule has 0 bridgehead atoms. The number of carbonyl (C=O) groups excluding carboxylic acids is 1. The van der Waals surface area contributed by atoms with Crippen molar-refractivity contribution in [2.45, 2.75) is 77.3 Å². The zero-order chi connectivity index (χ0) is 52.9. The van der Waals surface area contributed by atoms with Crippen LogP contribution in [0.5, 0.6) is 0 Å². The van der Waals surface area contributed by atoms with Crippen LogP contribution in [0.2, 0.25) is 0 Å². The minimum Gasteiger partial charge on any atom is -0.481 e. The number of nitrogens with one attached hydrogen (secondary N) is 1. The first kappa shape index (κ1) is 54.8. The number of anilines is 4. The summed E-state index contributed by atoms with van der Waals surface area (Å²) in [5.74, 6) is -0.523. The highest BCUT2D eigenvalue weighted by molar-refractivity contribution is 7.14. The third kappa shape index (κ3) is 13.8. The van der Waals surface area contributed by atoms with Gasteiger partial charge in [-0.3, -0.25) is 29.4 Å². The van der Waals surface area contributed by atoms with Crippen molar-refractivity contribution in [3.63, 3.8) is 0 Å². The number of hydrogen-bond acceptors (Lipinski definition) is 17. The van der Waals surface area contributed by atoms with E-state index in [1.54, 1.807) is 22.7 Å². The van der Waals surface area contributed by atoms with Crippen molar-refractivity contribution in [3.8, 4) is 0 Å². The Hall–Kier alpha value is -5.54. The van der Waals surface area contributed by atoms with Gasteiger partial charge in [-0.1, -0.05) is 36.4 Å². The standard InChI is InChI=1S/C29H38N6O2S.C25H31N5O3S.C4H9N/c1-22-7-8-23-6-4-9-30-27(23)28(22)34-13-5-12-32(14-15-34)25(20-26(36)33-10-2-3-11-33)24-21-38-29(31-24)35-16-18-37-19-17-35;1-18-5-6-19-4-2-7-26-23(19)24(18)29-9-3-8-28(10-11-29)21(16-22(31)32)20-17-34-25(27-20)30-12-14-33-15-13-30;1-2-4-5-3-1/h4,6-9,21,25H,2-3,5,10-20H2,1H3;2,4-7,17,21H,3,8-16H2,1H3,(H,31,32);5H,1-4H2. The number of aliphatic carboxylic acids is 1. The fourth-order valence-corrected chi connectivity index (χ4v) is 13.6. The number of rotatable bonds is 12. The van der Waals surface area contributed by atoms with Gasteiger partial charge in [-0.2, -0.15) is 0 Å². The molecule has 2 N–H and O–H groups in total. The molecular formula is C58H78N12O5S2. The van der Waals surface area contributed by atoms with E-state index in [0.29, 0.717) is 19.6 Å². The molecule has 6 aliphatic rings. The molecular weight excluding hydrogens is 1010 g/mol. The van der Waals surface area contributed by atoms with E-state index in [1.165, 1.54) is 53.8 Å². The summed E-state index contributed by atoms with van der Waals surface area (Å²) < 4.78 is 11.0. The highest BCUT2D eigenvalue weighted by Crippen LogP contribution is 2.36. The van der Waals surface area contributed by atoms with Crippen LogP contribution in [-0.2, 0) is 19.1 Å². The summed E-state index contributed by atoms with van der Waals surface area (Å²) in [4.78, 5) is 60.9. The number of carbonyl (C=O) groups is 2. The molecule has 6 saturated heterocycles. The van der Waals surface area contributed by atoms with E-state index in [0.717, 1.165) is 169 Å². The Morgan fingerprint density at radius 3 is 1.49 bits per heavy atom. The van der Waals surface area contributed by atoms with E-state index in [9.17, 15) is 14.7 Å². The summed E-state index contributed by atoms with van der Waals surface area (Å²) in [6.45, 7) is 22.0. The average Bonchev–Trinajstić information content (AvgIpc) is 4.33. The molecule has 12 rings (SSSR count). The van der Waals surface area contributed by atoms with Gasteiger partial charge in [-0.15, -0.1) is 22.7 Å². The third-order valence-electron chi connectivity index (χ3n) is 15.9. The molecule has 2 aromatic carbocycles. The van der Waals surface area contributed by atoms with Gasteiger partial charge in [0.25, 0.3) is 0 Å². The van der Waals surface area contributed by atoms with E-state index in [-0.39, 0.29) is 24.4 Å². The number of likely N-dealkylation sites (tertiary alicyclic amines) is 1. The van der Waals surface area contributed by atoms with E-state index in [1.807, 2.05) is 29.9 Å². The zero-order valence-corrected chi connectivity index (χ0v) is 46.8. The lowest BCUT2D eigenvalue weighted by molar-refractivity contribution is -0.138. The number of morpholine rings is 2. The molecule has 77 heavy (non-hydrogen) atoms. The number of nitrogens with zero attached hydrogens (tertiary/aromatic N) is 11. The van der Waals surface area contributed by atoms with Gasteiger partial charge in [0.2, 0.25) is 5.91 Å². The van der Waals surface area contributed by atoms with Gasteiger partial charge in [0.05, 0.1) is 78.7 Å². The molecule has 0 radical (unpaired) electrons. The SMILES string of the molecule is C1CCNC1.Cc1ccc2cccnc2c1N1CCCN(C(CC(=O)N2CCCC2)c2csc(N3CCOCC3)n2)CC1.Cc1ccc2cccnc2c1N1CCCN(C(CC(=O)O)c2csc(N3CCOCC3)n2)CC1. The predicted octanol–water partition coefficient (Wildman–Crippen LogP) is 8.04. The molecule has 6 aromatic rings. The van der Waals surface area contributed by atoms with Crippen LogP contribution in [0, 0.1) is 13.8 Å².